The van der Waals surface area contributed by atoms with Crippen molar-refractivity contribution in [2.24, 2.45) is 0 Å². The van der Waals surface area contributed by atoms with E-state index in [9.17, 15) is 22.6 Å². The SMILES string of the molecule is CCCCCCCCCCCCc1ccc(N(c2ccc(N)c3c2C(=O)c2ccccc2C3=O)S(=O)(=O)O)cc1. The molecule has 0 bridgehead atoms. The van der Waals surface area contributed by atoms with Crippen LogP contribution in [0.15, 0.2) is 60.7 Å². The number of fused-ring (bicyclic) bond motifs is 2. The molecule has 212 valence electrons. The number of carbonyl (C=O) groups excluding carboxylic acids is 2. The fourth-order valence-electron chi connectivity index (χ4n) is 5.41. The maximum Gasteiger partial charge on any atom is 0.364 e. The van der Waals surface area contributed by atoms with Crippen LogP contribution in [0.1, 0.15) is 109 Å². The Morgan fingerprint density at radius 1 is 0.700 bits per heavy atom. The van der Waals surface area contributed by atoms with Gasteiger partial charge in [-0.1, -0.05) is 101 Å². The van der Waals surface area contributed by atoms with Gasteiger partial charge in [-0.3, -0.25) is 14.1 Å². The largest absolute Gasteiger partial charge is 0.398 e. The molecule has 3 aromatic carbocycles. The Hall–Kier alpha value is -3.49. The fraction of sp³-hybridized carbons (Fsp3) is 0.375. The smallest absolute Gasteiger partial charge is 0.364 e. The average molecular weight is 563 g/mol. The summed E-state index contributed by atoms with van der Waals surface area (Å²) in [5.41, 5.74) is 7.40. The number of nitrogens with zero attached hydrogens (tertiary/aromatic N) is 1. The van der Waals surface area contributed by atoms with Gasteiger partial charge in [-0.15, -0.1) is 0 Å². The summed E-state index contributed by atoms with van der Waals surface area (Å²) in [6.45, 7) is 2.23. The maximum absolute atomic E-state index is 13.5. The fourth-order valence-corrected chi connectivity index (χ4v) is 6.20. The summed E-state index contributed by atoms with van der Waals surface area (Å²) in [5, 5.41) is 0. The number of hydrogen-bond acceptors (Lipinski definition) is 5. The molecular formula is C32H38N2O5S. The predicted molar refractivity (Wildman–Crippen MR) is 160 cm³/mol. The van der Waals surface area contributed by atoms with Gasteiger partial charge in [0.1, 0.15) is 0 Å². The molecule has 3 aromatic rings. The summed E-state index contributed by atoms with van der Waals surface area (Å²) in [7, 11) is -4.86. The van der Waals surface area contributed by atoms with Gasteiger partial charge >= 0.3 is 10.3 Å². The minimum absolute atomic E-state index is 0.0626. The van der Waals surface area contributed by atoms with E-state index in [-0.39, 0.29) is 39.3 Å². The third kappa shape index (κ3) is 6.62. The van der Waals surface area contributed by atoms with Gasteiger partial charge in [0.05, 0.1) is 22.5 Å². The van der Waals surface area contributed by atoms with E-state index in [1.54, 1.807) is 30.3 Å². The number of anilines is 3. The highest BCUT2D eigenvalue weighted by atomic mass is 32.2. The molecule has 0 saturated carbocycles. The number of benzene rings is 3. The van der Waals surface area contributed by atoms with Crippen molar-refractivity contribution < 1.29 is 22.6 Å². The zero-order chi connectivity index (χ0) is 28.7. The molecule has 0 saturated heterocycles. The van der Waals surface area contributed by atoms with Gasteiger partial charge in [-0.2, -0.15) is 8.42 Å². The van der Waals surface area contributed by atoms with Crippen LogP contribution in [0.3, 0.4) is 0 Å². The molecule has 0 aliphatic heterocycles. The third-order valence-corrected chi connectivity index (χ3v) is 8.39. The highest BCUT2D eigenvalue weighted by Crippen LogP contribution is 2.40. The van der Waals surface area contributed by atoms with E-state index in [2.05, 4.69) is 6.92 Å². The van der Waals surface area contributed by atoms with Gasteiger partial charge in [0.2, 0.25) is 0 Å². The van der Waals surface area contributed by atoms with Crippen LogP contribution in [-0.2, 0) is 16.7 Å². The van der Waals surface area contributed by atoms with Crippen molar-refractivity contribution in [1.82, 2.24) is 0 Å². The lowest BCUT2D eigenvalue weighted by Crippen LogP contribution is -2.30. The number of hydrogen-bond donors (Lipinski definition) is 2. The molecule has 0 spiro atoms. The Morgan fingerprint density at radius 3 is 1.77 bits per heavy atom. The van der Waals surface area contributed by atoms with Crippen molar-refractivity contribution in [2.75, 3.05) is 10.0 Å². The molecule has 1 aliphatic carbocycles. The van der Waals surface area contributed by atoms with Crippen LogP contribution in [-0.4, -0.2) is 24.5 Å². The summed E-state index contributed by atoms with van der Waals surface area (Å²) in [4.78, 5) is 26.8. The molecule has 3 N–H and O–H groups in total. The zero-order valence-electron chi connectivity index (χ0n) is 23.1. The molecule has 0 radical (unpaired) electrons. The second-order valence-corrected chi connectivity index (χ2v) is 11.7. The second-order valence-electron chi connectivity index (χ2n) is 10.5. The maximum atomic E-state index is 13.5. The summed E-state index contributed by atoms with van der Waals surface area (Å²) < 4.78 is 36.2. The third-order valence-electron chi connectivity index (χ3n) is 7.53. The van der Waals surface area contributed by atoms with Crippen LogP contribution >= 0.6 is 0 Å². The number of carbonyl (C=O) groups is 2. The Balaban J connectivity index is 1.49. The van der Waals surface area contributed by atoms with Crippen LogP contribution in [0.25, 0.3) is 0 Å². The Labute approximate surface area is 237 Å². The summed E-state index contributed by atoms with van der Waals surface area (Å²) in [6.07, 6.45) is 13.4. The van der Waals surface area contributed by atoms with Crippen molar-refractivity contribution in [3.8, 4) is 0 Å². The van der Waals surface area contributed by atoms with Crippen LogP contribution in [0, 0.1) is 0 Å². The van der Waals surface area contributed by atoms with Gasteiger partial charge in [-0.05, 0) is 42.7 Å². The lowest BCUT2D eigenvalue weighted by Gasteiger charge is -2.27. The summed E-state index contributed by atoms with van der Waals surface area (Å²) in [6, 6.07) is 15.9. The molecule has 4 rings (SSSR count). The highest BCUT2D eigenvalue weighted by Gasteiger charge is 2.37. The summed E-state index contributed by atoms with van der Waals surface area (Å²) in [5.74, 6) is -0.995. The molecule has 0 heterocycles. The van der Waals surface area contributed by atoms with E-state index in [0.29, 0.717) is 4.31 Å². The monoisotopic (exact) mass is 562 g/mol. The first-order chi connectivity index (χ1) is 19.2. The number of nitrogen functional groups attached to an aromatic ring is 1. The normalized spacial score (nSPS) is 12.8. The number of nitrogens with two attached hydrogens (primary N) is 1. The van der Waals surface area contributed by atoms with Gasteiger partial charge < -0.3 is 5.73 Å². The highest BCUT2D eigenvalue weighted by molar-refractivity contribution is 7.87. The Morgan fingerprint density at radius 2 is 1.23 bits per heavy atom. The molecule has 0 fully saturated rings. The molecule has 0 aromatic heterocycles. The van der Waals surface area contributed by atoms with Crippen molar-refractivity contribution >= 4 is 38.9 Å². The quantitative estimate of drug-likeness (QED) is 0.0936. The first kappa shape index (κ1) is 29.5. The number of aryl methyl sites for hydroxylation is 1. The van der Waals surface area contributed by atoms with E-state index >= 15 is 0 Å². The Bertz CT molecular complexity index is 1470. The van der Waals surface area contributed by atoms with Crippen molar-refractivity contribution in [3.63, 3.8) is 0 Å². The van der Waals surface area contributed by atoms with Crippen LogP contribution in [0.4, 0.5) is 17.1 Å². The molecule has 1 aliphatic rings. The number of ketones is 2. The van der Waals surface area contributed by atoms with E-state index in [1.165, 1.54) is 69.6 Å². The van der Waals surface area contributed by atoms with Crippen LogP contribution in [0.2, 0.25) is 0 Å². The molecule has 40 heavy (non-hydrogen) atoms. The zero-order valence-corrected chi connectivity index (χ0v) is 23.9. The summed E-state index contributed by atoms with van der Waals surface area (Å²) >= 11 is 0. The van der Waals surface area contributed by atoms with Gasteiger partial charge in [0, 0.05) is 16.8 Å². The number of unbranched alkanes of at least 4 members (excludes halogenated alkanes) is 9. The van der Waals surface area contributed by atoms with E-state index < -0.39 is 21.9 Å². The van der Waals surface area contributed by atoms with Crippen LogP contribution in [0.5, 0.6) is 0 Å². The molecule has 0 atom stereocenters. The molecule has 0 unspecified atom stereocenters. The topological polar surface area (TPSA) is 118 Å². The Kier molecular flexibility index (Phi) is 9.76. The van der Waals surface area contributed by atoms with Crippen molar-refractivity contribution in [3.05, 3.63) is 88.5 Å². The van der Waals surface area contributed by atoms with Crippen LogP contribution < -0.4 is 10.0 Å². The average Bonchev–Trinajstić information content (AvgIpc) is 2.93. The van der Waals surface area contributed by atoms with E-state index in [1.807, 2.05) is 12.1 Å². The van der Waals surface area contributed by atoms with Gasteiger partial charge in [-0.25, -0.2) is 4.31 Å². The lowest BCUT2D eigenvalue weighted by molar-refractivity contribution is 0.0980. The molecular weight excluding hydrogens is 524 g/mol. The first-order valence-electron chi connectivity index (χ1n) is 14.2. The minimum Gasteiger partial charge on any atom is -0.398 e. The first-order valence-corrected chi connectivity index (χ1v) is 15.6. The van der Waals surface area contributed by atoms with E-state index in [4.69, 9.17) is 5.73 Å². The predicted octanol–water partition coefficient (Wildman–Crippen LogP) is 7.45. The molecule has 0 amide bonds. The second kappa shape index (κ2) is 13.2. The van der Waals surface area contributed by atoms with Gasteiger partial charge in [0.15, 0.2) is 11.6 Å². The van der Waals surface area contributed by atoms with E-state index in [0.717, 1.165) is 24.8 Å². The standard InChI is InChI=1S/C32H38N2O5S/c1-2-3-4-5-6-7-8-9-10-11-14-23-17-19-24(20-18-23)34(40(37,38)39)28-22-21-27(33)29-30(28)32(36)26-16-13-12-15-25(26)31(29)35/h12-13,15-22H,2-11,14,33H2,1H3,(H,37,38,39). The lowest BCUT2D eigenvalue weighted by atomic mass is 9.82. The minimum atomic E-state index is -4.86. The molecule has 7 nitrogen and oxygen atoms in total. The van der Waals surface area contributed by atoms with Crippen molar-refractivity contribution in [1.29, 1.82) is 0 Å². The van der Waals surface area contributed by atoms with Gasteiger partial charge in [0.25, 0.3) is 0 Å². The van der Waals surface area contributed by atoms with Crippen molar-refractivity contribution in [2.45, 2.75) is 77.6 Å². The number of rotatable bonds is 14. The molecule has 8 heteroatoms.